The Bertz CT molecular complexity index is 278. The molecule has 0 saturated heterocycles. The van der Waals surface area contributed by atoms with Crippen molar-refractivity contribution in [2.75, 3.05) is 6.54 Å². The van der Waals surface area contributed by atoms with E-state index in [-0.39, 0.29) is 0 Å². The highest BCUT2D eigenvalue weighted by Crippen LogP contribution is 2.39. The summed E-state index contributed by atoms with van der Waals surface area (Å²) in [5.74, 6) is 0.169. The maximum absolute atomic E-state index is 11.8. The minimum atomic E-state index is -0.591. The number of hydrogen-bond donors (Lipinski definition) is 1. The minimum Gasteiger partial charge on any atom is -0.480 e. The van der Waals surface area contributed by atoms with Crippen LogP contribution in [0.5, 0.6) is 0 Å². The highest BCUT2D eigenvalue weighted by molar-refractivity contribution is 5.79. The first-order chi connectivity index (χ1) is 8.06. The molecule has 17 heavy (non-hydrogen) atoms. The number of carboxylic acids is 1. The molecule has 0 atom stereocenters. The molecule has 0 aliphatic heterocycles. The summed E-state index contributed by atoms with van der Waals surface area (Å²) in [4.78, 5) is 14.1. The lowest BCUT2D eigenvalue weighted by atomic mass is 9.79. The summed E-state index contributed by atoms with van der Waals surface area (Å²) in [6, 6.07) is 0.338. The number of aliphatic carboxylic acids is 1. The van der Waals surface area contributed by atoms with E-state index in [1.165, 1.54) is 19.3 Å². The monoisotopic (exact) mass is 239 g/mol. The molecule has 0 spiro atoms. The maximum Gasteiger partial charge on any atom is 0.324 e. The minimum absolute atomic E-state index is 0.338. The van der Waals surface area contributed by atoms with Gasteiger partial charge in [-0.05, 0) is 45.4 Å². The lowest BCUT2D eigenvalue weighted by Gasteiger charge is -2.45. The normalized spacial score (nSPS) is 24.2. The van der Waals surface area contributed by atoms with Gasteiger partial charge in [0.05, 0.1) is 0 Å². The molecule has 0 amide bonds. The fourth-order valence-corrected chi connectivity index (χ4v) is 3.22. The van der Waals surface area contributed by atoms with E-state index in [4.69, 9.17) is 0 Å². The fourth-order valence-electron chi connectivity index (χ4n) is 3.22. The third-order valence-electron chi connectivity index (χ3n) is 4.40. The third kappa shape index (κ3) is 2.65. The zero-order valence-electron chi connectivity index (χ0n) is 11.1. The van der Waals surface area contributed by atoms with Gasteiger partial charge in [-0.3, -0.25) is 9.69 Å². The van der Waals surface area contributed by atoms with Crippen molar-refractivity contribution in [2.45, 2.75) is 70.4 Å². The van der Waals surface area contributed by atoms with Gasteiger partial charge in [0, 0.05) is 12.6 Å². The molecule has 0 unspecified atom stereocenters. The molecule has 0 heterocycles. The van der Waals surface area contributed by atoms with Crippen molar-refractivity contribution in [3.63, 3.8) is 0 Å². The van der Waals surface area contributed by atoms with Crippen molar-refractivity contribution in [2.24, 2.45) is 5.92 Å². The van der Waals surface area contributed by atoms with Crippen LogP contribution < -0.4 is 0 Å². The Labute approximate surface area is 104 Å². The SMILES string of the molecule is CC(C)N(CC1CC1)C1(C(=O)O)CCCCC1. The molecule has 2 saturated carbocycles. The number of nitrogens with zero attached hydrogens (tertiary/aromatic N) is 1. The number of carboxylic acid groups (broad SMARTS) is 1. The summed E-state index contributed by atoms with van der Waals surface area (Å²) < 4.78 is 0. The van der Waals surface area contributed by atoms with Gasteiger partial charge >= 0.3 is 5.97 Å². The first-order valence-electron chi connectivity index (χ1n) is 7.06. The number of carbonyl (C=O) groups is 1. The van der Waals surface area contributed by atoms with Crippen LogP contribution >= 0.6 is 0 Å². The first kappa shape index (κ1) is 12.9. The Kier molecular flexibility index (Phi) is 3.76. The molecule has 0 aromatic rings. The van der Waals surface area contributed by atoms with Crippen LogP contribution in [0.2, 0.25) is 0 Å². The van der Waals surface area contributed by atoms with E-state index in [2.05, 4.69) is 18.7 Å². The second-order valence-corrected chi connectivity index (χ2v) is 6.09. The van der Waals surface area contributed by atoms with Gasteiger partial charge in [-0.1, -0.05) is 19.3 Å². The van der Waals surface area contributed by atoms with Crippen molar-refractivity contribution >= 4 is 5.97 Å². The van der Waals surface area contributed by atoms with Gasteiger partial charge in [-0.2, -0.15) is 0 Å². The van der Waals surface area contributed by atoms with E-state index in [1.54, 1.807) is 0 Å². The van der Waals surface area contributed by atoms with Crippen LogP contribution in [0.15, 0.2) is 0 Å². The van der Waals surface area contributed by atoms with Crippen LogP contribution in [0.3, 0.4) is 0 Å². The molecule has 0 aromatic carbocycles. The van der Waals surface area contributed by atoms with Crippen molar-refractivity contribution < 1.29 is 9.90 Å². The largest absolute Gasteiger partial charge is 0.480 e. The van der Waals surface area contributed by atoms with Crippen molar-refractivity contribution in [1.82, 2.24) is 4.90 Å². The topological polar surface area (TPSA) is 40.5 Å². The van der Waals surface area contributed by atoms with Gasteiger partial charge in [-0.25, -0.2) is 0 Å². The lowest BCUT2D eigenvalue weighted by Crippen LogP contribution is -2.58. The Balaban J connectivity index is 2.17. The van der Waals surface area contributed by atoms with E-state index in [1.807, 2.05) is 0 Å². The molecule has 98 valence electrons. The van der Waals surface area contributed by atoms with Gasteiger partial charge in [0.15, 0.2) is 0 Å². The fraction of sp³-hybridized carbons (Fsp3) is 0.929. The maximum atomic E-state index is 11.8. The van der Waals surface area contributed by atoms with Gasteiger partial charge < -0.3 is 5.11 Å². The quantitative estimate of drug-likeness (QED) is 0.802. The molecular weight excluding hydrogens is 214 g/mol. The van der Waals surface area contributed by atoms with Crippen LogP contribution in [0, 0.1) is 5.92 Å². The summed E-state index contributed by atoms with van der Waals surface area (Å²) in [6.07, 6.45) is 7.60. The summed E-state index contributed by atoms with van der Waals surface area (Å²) in [5, 5.41) is 9.70. The summed E-state index contributed by atoms with van der Waals surface area (Å²) in [5.41, 5.74) is -0.561. The zero-order chi connectivity index (χ0) is 12.5. The Morgan fingerprint density at radius 1 is 1.29 bits per heavy atom. The van der Waals surface area contributed by atoms with E-state index >= 15 is 0 Å². The van der Waals surface area contributed by atoms with Crippen molar-refractivity contribution in [1.29, 1.82) is 0 Å². The average molecular weight is 239 g/mol. The molecule has 2 aliphatic carbocycles. The van der Waals surface area contributed by atoms with Gasteiger partial charge in [0.1, 0.15) is 5.54 Å². The number of hydrogen-bond acceptors (Lipinski definition) is 2. The number of rotatable bonds is 5. The predicted octanol–water partition coefficient (Wildman–Crippen LogP) is 2.89. The molecule has 3 heteroatoms. The van der Waals surface area contributed by atoms with E-state index in [9.17, 15) is 9.90 Å². The second-order valence-electron chi connectivity index (χ2n) is 6.09. The van der Waals surface area contributed by atoms with Crippen LogP contribution in [0.4, 0.5) is 0 Å². The van der Waals surface area contributed by atoms with E-state index in [0.717, 1.165) is 38.1 Å². The molecule has 1 N–H and O–H groups in total. The van der Waals surface area contributed by atoms with Crippen LogP contribution in [-0.4, -0.2) is 34.1 Å². The molecule has 2 aliphatic rings. The molecule has 2 fully saturated rings. The highest BCUT2D eigenvalue weighted by Gasteiger charge is 2.47. The van der Waals surface area contributed by atoms with Crippen molar-refractivity contribution in [3.05, 3.63) is 0 Å². The molecule has 0 radical (unpaired) electrons. The molecule has 0 bridgehead atoms. The Morgan fingerprint density at radius 3 is 2.29 bits per heavy atom. The average Bonchev–Trinajstić information content (AvgIpc) is 3.10. The van der Waals surface area contributed by atoms with Crippen LogP contribution in [0.25, 0.3) is 0 Å². The summed E-state index contributed by atoms with van der Waals surface area (Å²) in [7, 11) is 0. The van der Waals surface area contributed by atoms with Gasteiger partial charge in [-0.15, -0.1) is 0 Å². The standard InChI is InChI=1S/C14H25NO2/c1-11(2)15(10-12-6-7-12)14(13(16)17)8-4-3-5-9-14/h11-12H,3-10H2,1-2H3,(H,16,17). The predicted molar refractivity (Wildman–Crippen MR) is 68.0 cm³/mol. The molecular formula is C14H25NO2. The lowest BCUT2D eigenvalue weighted by molar-refractivity contribution is -0.156. The van der Waals surface area contributed by atoms with Crippen LogP contribution in [0.1, 0.15) is 58.8 Å². The molecule has 3 nitrogen and oxygen atoms in total. The third-order valence-corrected chi connectivity index (χ3v) is 4.40. The smallest absolute Gasteiger partial charge is 0.324 e. The second kappa shape index (κ2) is 4.97. The first-order valence-corrected chi connectivity index (χ1v) is 7.06. The van der Waals surface area contributed by atoms with E-state index in [0.29, 0.717) is 6.04 Å². The van der Waals surface area contributed by atoms with Gasteiger partial charge in [0.2, 0.25) is 0 Å². The van der Waals surface area contributed by atoms with Crippen molar-refractivity contribution in [3.8, 4) is 0 Å². The summed E-state index contributed by atoms with van der Waals surface area (Å²) >= 11 is 0. The zero-order valence-corrected chi connectivity index (χ0v) is 11.1. The Hall–Kier alpha value is -0.570. The summed E-state index contributed by atoms with van der Waals surface area (Å²) in [6.45, 7) is 5.27. The highest BCUT2D eigenvalue weighted by atomic mass is 16.4. The Morgan fingerprint density at radius 2 is 1.88 bits per heavy atom. The molecule has 0 aromatic heterocycles. The molecule has 2 rings (SSSR count). The van der Waals surface area contributed by atoms with Gasteiger partial charge in [0.25, 0.3) is 0 Å². The van der Waals surface area contributed by atoms with E-state index < -0.39 is 11.5 Å². The van der Waals surface area contributed by atoms with Crippen LogP contribution in [-0.2, 0) is 4.79 Å².